The first-order chi connectivity index (χ1) is 9.29. The molecule has 7 heteroatoms. The molecule has 1 heterocycles. The van der Waals surface area contributed by atoms with Crippen LogP contribution in [0.15, 0.2) is 29.0 Å². The van der Waals surface area contributed by atoms with Crippen molar-refractivity contribution in [3.8, 4) is 0 Å². The Hall–Kier alpha value is -2.02. The normalized spacial score (nSPS) is 11.4. The molecule has 1 aromatic heterocycles. The Morgan fingerprint density at radius 2 is 2.00 bits per heavy atom. The van der Waals surface area contributed by atoms with Gasteiger partial charge in [0, 0.05) is 11.1 Å². The molecule has 0 spiro atoms. The van der Waals surface area contributed by atoms with E-state index in [2.05, 4.69) is 5.32 Å². The van der Waals surface area contributed by atoms with Crippen molar-refractivity contribution in [2.45, 2.75) is 13.1 Å². The Morgan fingerprint density at radius 3 is 2.55 bits per heavy atom. The second-order valence-electron chi connectivity index (χ2n) is 4.23. The lowest BCUT2D eigenvalue weighted by Crippen LogP contribution is -2.17. The summed E-state index contributed by atoms with van der Waals surface area (Å²) in [5, 5.41) is 5.62. The van der Waals surface area contributed by atoms with E-state index >= 15 is 0 Å². The van der Waals surface area contributed by atoms with Crippen molar-refractivity contribution in [3.63, 3.8) is 0 Å². The molecule has 0 saturated carbocycles. The van der Waals surface area contributed by atoms with E-state index < -0.39 is 17.6 Å². The van der Waals surface area contributed by atoms with E-state index in [9.17, 15) is 18.0 Å². The summed E-state index contributed by atoms with van der Waals surface area (Å²) in [5.74, 6) is -0.570. The minimum Gasteiger partial charge on any atom is -0.399 e. The van der Waals surface area contributed by atoms with Gasteiger partial charge in [0.2, 0.25) is 0 Å². The van der Waals surface area contributed by atoms with Gasteiger partial charge in [0.25, 0.3) is 5.91 Å². The average molecular weight is 300 g/mol. The molecular weight excluding hydrogens is 289 g/mol. The molecule has 0 atom stereocenters. The van der Waals surface area contributed by atoms with Crippen LogP contribution < -0.4 is 11.1 Å². The maximum atomic E-state index is 12.9. The number of nitrogen functional groups attached to an aromatic ring is 1. The maximum Gasteiger partial charge on any atom is 0.418 e. The molecule has 1 amide bonds. The highest BCUT2D eigenvalue weighted by Crippen LogP contribution is 2.36. The maximum absolute atomic E-state index is 12.9. The SMILES string of the molecule is Cc1cscc1C(=O)Nc1ccc(N)cc1C(F)(F)F. The molecule has 2 aromatic rings. The van der Waals surface area contributed by atoms with Crippen LogP contribution in [0, 0.1) is 6.92 Å². The number of alkyl halides is 3. The van der Waals surface area contributed by atoms with Gasteiger partial charge in [-0.25, -0.2) is 0 Å². The minimum atomic E-state index is -4.58. The zero-order valence-corrected chi connectivity index (χ0v) is 11.2. The molecule has 3 nitrogen and oxygen atoms in total. The number of thiophene rings is 1. The number of hydrogen-bond acceptors (Lipinski definition) is 3. The Kier molecular flexibility index (Phi) is 3.71. The molecule has 0 aliphatic rings. The molecular formula is C13H11F3N2OS. The molecule has 2 rings (SSSR count). The van der Waals surface area contributed by atoms with Crippen LogP contribution in [0.2, 0.25) is 0 Å². The third-order valence-corrected chi connectivity index (χ3v) is 3.56. The third kappa shape index (κ3) is 2.93. The summed E-state index contributed by atoms with van der Waals surface area (Å²) in [4.78, 5) is 12.0. The number of carbonyl (C=O) groups is 1. The van der Waals surface area contributed by atoms with E-state index in [0.717, 1.165) is 17.7 Å². The number of nitrogens with two attached hydrogens (primary N) is 1. The van der Waals surface area contributed by atoms with Crippen molar-refractivity contribution in [1.29, 1.82) is 0 Å². The van der Waals surface area contributed by atoms with E-state index in [1.807, 2.05) is 0 Å². The summed E-state index contributed by atoms with van der Waals surface area (Å²) in [6.07, 6.45) is -4.58. The van der Waals surface area contributed by atoms with Gasteiger partial charge in [0.1, 0.15) is 0 Å². The topological polar surface area (TPSA) is 55.1 Å². The monoisotopic (exact) mass is 300 g/mol. The summed E-state index contributed by atoms with van der Waals surface area (Å²) in [6.45, 7) is 1.72. The second kappa shape index (κ2) is 5.16. The number of halogens is 3. The van der Waals surface area contributed by atoms with Gasteiger partial charge in [-0.05, 0) is 36.1 Å². The Balaban J connectivity index is 2.35. The zero-order valence-electron chi connectivity index (χ0n) is 10.4. The number of benzene rings is 1. The average Bonchev–Trinajstić information content (AvgIpc) is 2.76. The highest BCUT2D eigenvalue weighted by atomic mass is 32.1. The van der Waals surface area contributed by atoms with E-state index in [-0.39, 0.29) is 11.4 Å². The first-order valence-electron chi connectivity index (χ1n) is 5.60. The van der Waals surface area contributed by atoms with E-state index in [0.29, 0.717) is 5.56 Å². The van der Waals surface area contributed by atoms with Crippen LogP contribution >= 0.6 is 11.3 Å². The van der Waals surface area contributed by atoms with Crippen molar-refractivity contribution in [2.75, 3.05) is 11.1 Å². The number of rotatable bonds is 2. The third-order valence-electron chi connectivity index (χ3n) is 2.70. The smallest absolute Gasteiger partial charge is 0.399 e. The summed E-state index contributed by atoms with van der Waals surface area (Å²) >= 11 is 1.31. The van der Waals surface area contributed by atoms with Gasteiger partial charge in [-0.15, -0.1) is 0 Å². The second-order valence-corrected chi connectivity index (χ2v) is 4.97. The van der Waals surface area contributed by atoms with Crippen LogP contribution in [0.5, 0.6) is 0 Å². The molecule has 20 heavy (non-hydrogen) atoms. The predicted molar refractivity (Wildman–Crippen MR) is 72.9 cm³/mol. The number of hydrogen-bond donors (Lipinski definition) is 2. The molecule has 3 N–H and O–H groups in total. The summed E-state index contributed by atoms with van der Waals surface area (Å²) in [6, 6.07) is 3.26. The molecule has 0 bridgehead atoms. The largest absolute Gasteiger partial charge is 0.418 e. The van der Waals surface area contributed by atoms with Gasteiger partial charge < -0.3 is 11.1 Å². The minimum absolute atomic E-state index is 0.0120. The summed E-state index contributed by atoms with van der Waals surface area (Å²) < 4.78 is 38.7. The first kappa shape index (κ1) is 14.4. The van der Waals surface area contributed by atoms with Crippen LogP contribution in [0.25, 0.3) is 0 Å². The highest BCUT2D eigenvalue weighted by molar-refractivity contribution is 7.08. The van der Waals surface area contributed by atoms with Gasteiger partial charge >= 0.3 is 6.18 Å². The van der Waals surface area contributed by atoms with E-state index in [4.69, 9.17) is 5.73 Å². The van der Waals surface area contributed by atoms with Crippen LogP contribution in [-0.4, -0.2) is 5.91 Å². The van der Waals surface area contributed by atoms with E-state index in [1.165, 1.54) is 17.4 Å². The standard InChI is InChI=1S/C13H11F3N2OS/c1-7-5-20-6-9(7)12(19)18-11-3-2-8(17)4-10(11)13(14,15)16/h2-6H,17H2,1H3,(H,18,19). The molecule has 1 aromatic carbocycles. The number of aryl methyl sites for hydroxylation is 1. The number of nitrogens with one attached hydrogen (secondary N) is 1. The lowest BCUT2D eigenvalue weighted by molar-refractivity contribution is -0.136. The molecule has 106 valence electrons. The fourth-order valence-electron chi connectivity index (χ4n) is 1.69. The van der Waals surface area contributed by atoms with Gasteiger partial charge in [-0.3, -0.25) is 4.79 Å². The Morgan fingerprint density at radius 1 is 1.30 bits per heavy atom. The molecule has 0 fully saturated rings. The quantitative estimate of drug-likeness (QED) is 0.826. The van der Waals surface area contributed by atoms with Crippen LogP contribution in [0.3, 0.4) is 0 Å². The van der Waals surface area contributed by atoms with Crippen molar-refractivity contribution < 1.29 is 18.0 Å². The fraction of sp³-hybridized carbons (Fsp3) is 0.154. The van der Waals surface area contributed by atoms with Crippen molar-refractivity contribution in [2.24, 2.45) is 0 Å². The highest BCUT2D eigenvalue weighted by Gasteiger charge is 2.34. The van der Waals surface area contributed by atoms with Crippen LogP contribution in [0.1, 0.15) is 21.5 Å². The summed E-state index contributed by atoms with van der Waals surface area (Å²) in [7, 11) is 0. The van der Waals surface area contributed by atoms with Gasteiger partial charge in [-0.1, -0.05) is 0 Å². The van der Waals surface area contributed by atoms with Gasteiger partial charge in [0.15, 0.2) is 0 Å². The molecule has 0 unspecified atom stereocenters. The molecule has 0 aliphatic heterocycles. The van der Waals surface area contributed by atoms with Crippen molar-refractivity contribution in [3.05, 3.63) is 45.6 Å². The predicted octanol–water partition coefficient (Wildman–Crippen LogP) is 3.91. The molecule has 0 radical (unpaired) electrons. The lowest BCUT2D eigenvalue weighted by atomic mass is 10.1. The Bertz CT molecular complexity index is 649. The van der Waals surface area contributed by atoms with Crippen LogP contribution in [0.4, 0.5) is 24.5 Å². The first-order valence-corrected chi connectivity index (χ1v) is 6.54. The van der Waals surface area contributed by atoms with Crippen molar-refractivity contribution in [1.82, 2.24) is 0 Å². The van der Waals surface area contributed by atoms with E-state index in [1.54, 1.807) is 17.7 Å². The number of carbonyl (C=O) groups excluding carboxylic acids is 1. The zero-order chi connectivity index (χ0) is 14.9. The molecule has 0 saturated heterocycles. The lowest BCUT2D eigenvalue weighted by Gasteiger charge is -2.14. The summed E-state index contributed by atoms with van der Waals surface area (Å²) in [5.41, 5.74) is 5.17. The van der Waals surface area contributed by atoms with Gasteiger partial charge in [-0.2, -0.15) is 24.5 Å². The van der Waals surface area contributed by atoms with Crippen LogP contribution in [-0.2, 0) is 6.18 Å². The van der Waals surface area contributed by atoms with Crippen molar-refractivity contribution >= 4 is 28.6 Å². The number of anilines is 2. The van der Waals surface area contributed by atoms with Gasteiger partial charge in [0.05, 0.1) is 16.8 Å². The molecule has 0 aliphatic carbocycles. The fourth-order valence-corrected chi connectivity index (χ4v) is 2.52. The Labute approximate surface area is 117 Å². The number of amides is 1.